The third kappa shape index (κ3) is 5.88. The molecule has 0 radical (unpaired) electrons. The summed E-state index contributed by atoms with van der Waals surface area (Å²) in [6.07, 6.45) is 1.78. The van der Waals surface area contributed by atoms with E-state index in [1.165, 1.54) is 19.9 Å². The summed E-state index contributed by atoms with van der Waals surface area (Å²) < 4.78 is 40.3. The Morgan fingerprint density at radius 3 is 2.55 bits per heavy atom. The number of hydrogen-bond acceptors (Lipinski definition) is 7. The number of benzene rings is 1. The minimum Gasteiger partial charge on any atom is -0.478 e. The minimum atomic E-state index is -3.97. The van der Waals surface area contributed by atoms with Crippen LogP contribution in [-0.2, 0) is 39.4 Å². The van der Waals surface area contributed by atoms with E-state index in [-0.39, 0.29) is 13.2 Å². The van der Waals surface area contributed by atoms with Gasteiger partial charge in [0.1, 0.15) is 12.7 Å². The Morgan fingerprint density at radius 2 is 1.97 bits per heavy atom. The first kappa shape index (κ1) is 23.1. The highest BCUT2D eigenvalue weighted by molar-refractivity contribution is 7.92. The van der Waals surface area contributed by atoms with Gasteiger partial charge in [0.2, 0.25) is 0 Å². The van der Waals surface area contributed by atoms with Gasteiger partial charge >= 0.3 is 11.9 Å². The largest absolute Gasteiger partial charge is 0.478 e. The molecule has 1 atom stereocenters. The van der Waals surface area contributed by atoms with Crippen molar-refractivity contribution in [3.8, 4) is 0 Å². The Hall–Kier alpha value is -2.23. The van der Waals surface area contributed by atoms with Gasteiger partial charge in [0.15, 0.2) is 20.4 Å². The Bertz CT molecular complexity index is 899. The van der Waals surface area contributed by atoms with Gasteiger partial charge in [-0.25, -0.2) is 13.2 Å². The molecule has 0 aromatic heterocycles. The summed E-state index contributed by atoms with van der Waals surface area (Å²) in [4.78, 5) is 23.3. The van der Waals surface area contributed by atoms with Gasteiger partial charge in [0, 0.05) is 6.08 Å². The van der Waals surface area contributed by atoms with Crippen molar-refractivity contribution >= 4 is 27.9 Å². The molecule has 1 aromatic rings. The molecule has 8 nitrogen and oxygen atoms in total. The number of carboxylic acids is 1. The van der Waals surface area contributed by atoms with Gasteiger partial charge in [0.05, 0.1) is 12.4 Å². The predicted octanol–water partition coefficient (Wildman–Crippen LogP) is 2.17. The van der Waals surface area contributed by atoms with Gasteiger partial charge in [-0.05, 0) is 44.9 Å². The normalized spacial score (nSPS) is 19.4. The lowest BCUT2D eigenvalue weighted by Crippen LogP contribution is -2.43. The Morgan fingerprint density at radius 1 is 1.31 bits per heavy atom. The van der Waals surface area contributed by atoms with Gasteiger partial charge in [-0.15, -0.1) is 0 Å². The second kappa shape index (κ2) is 8.64. The van der Waals surface area contributed by atoms with Gasteiger partial charge in [-0.3, -0.25) is 4.79 Å². The summed E-state index contributed by atoms with van der Waals surface area (Å²) in [5, 5.41) is 8.80. The topological polar surface area (TPSA) is 116 Å². The maximum absolute atomic E-state index is 13.0. The number of carbonyl (C=O) groups is 2. The Balaban J connectivity index is 2.11. The number of rotatable bonds is 8. The number of aliphatic carboxylic acids is 1. The molecule has 1 heterocycles. The van der Waals surface area contributed by atoms with E-state index in [4.69, 9.17) is 19.3 Å². The quantitative estimate of drug-likeness (QED) is 0.497. The molecule has 0 bridgehead atoms. The second-order valence-electron chi connectivity index (χ2n) is 7.69. The molecule has 1 unspecified atom stereocenters. The zero-order valence-corrected chi connectivity index (χ0v) is 17.7. The van der Waals surface area contributed by atoms with Crippen molar-refractivity contribution < 1.29 is 37.3 Å². The lowest BCUT2D eigenvalue weighted by Gasteiger charge is -2.24. The summed E-state index contributed by atoms with van der Waals surface area (Å²) in [6.45, 7) is 6.18. The fourth-order valence-electron chi connectivity index (χ4n) is 2.69. The van der Waals surface area contributed by atoms with Crippen molar-refractivity contribution in [2.24, 2.45) is 0 Å². The van der Waals surface area contributed by atoms with E-state index in [9.17, 15) is 18.0 Å². The van der Waals surface area contributed by atoms with Crippen LogP contribution in [0.5, 0.6) is 0 Å². The highest BCUT2D eigenvalue weighted by Crippen LogP contribution is 2.27. The standard InChI is InChI=1S/C20H26O8S/c1-19(2,18(23)26-11-16-12-27-20(3,4)28-16)29(24,25)13-15-8-6-5-7-14(15)9-10-17(21)22/h5-10,16H,11-13H2,1-4H3,(H,21,22)/b10-9+. The predicted molar refractivity (Wildman–Crippen MR) is 106 cm³/mol. The van der Waals surface area contributed by atoms with Crippen molar-refractivity contribution in [3.05, 3.63) is 41.5 Å². The average molecular weight is 426 g/mol. The van der Waals surface area contributed by atoms with Crippen LogP contribution in [0.2, 0.25) is 0 Å². The molecule has 1 aliphatic rings. The summed E-state index contributed by atoms with van der Waals surface area (Å²) in [7, 11) is -3.97. The molecule has 0 aliphatic carbocycles. The van der Waals surface area contributed by atoms with Gasteiger partial charge in [-0.2, -0.15) is 0 Å². The van der Waals surface area contributed by atoms with Crippen molar-refractivity contribution in [1.82, 2.24) is 0 Å². The van der Waals surface area contributed by atoms with Crippen LogP contribution >= 0.6 is 0 Å². The fraction of sp³-hybridized carbons (Fsp3) is 0.500. The lowest BCUT2D eigenvalue weighted by molar-refractivity contribution is -0.159. The number of carbonyl (C=O) groups excluding carboxylic acids is 1. The first-order valence-electron chi connectivity index (χ1n) is 9.04. The first-order valence-corrected chi connectivity index (χ1v) is 10.7. The highest BCUT2D eigenvalue weighted by Gasteiger charge is 2.44. The first-order chi connectivity index (χ1) is 13.3. The van der Waals surface area contributed by atoms with Crippen molar-refractivity contribution in [1.29, 1.82) is 0 Å². The number of ether oxygens (including phenoxy) is 3. The molecule has 1 aromatic carbocycles. The maximum atomic E-state index is 13.0. The van der Waals surface area contributed by atoms with Crippen LogP contribution in [0.15, 0.2) is 30.3 Å². The van der Waals surface area contributed by atoms with Crippen LogP contribution in [0.1, 0.15) is 38.8 Å². The van der Waals surface area contributed by atoms with Crippen LogP contribution < -0.4 is 0 Å². The van der Waals surface area contributed by atoms with Crippen LogP contribution in [0, 0.1) is 0 Å². The molecule has 9 heteroatoms. The van der Waals surface area contributed by atoms with E-state index in [1.54, 1.807) is 38.1 Å². The molecular formula is C20H26O8S. The van der Waals surface area contributed by atoms with E-state index in [1.807, 2.05) is 0 Å². The van der Waals surface area contributed by atoms with Crippen molar-refractivity contribution in [3.63, 3.8) is 0 Å². The lowest BCUT2D eigenvalue weighted by atomic mass is 10.1. The van der Waals surface area contributed by atoms with Gasteiger partial charge < -0.3 is 19.3 Å². The number of hydrogen-bond donors (Lipinski definition) is 1. The monoisotopic (exact) mass is 426 g/mol. The number of esters is 1. The third-order valence-corrected chi connectivity index (χ3v) is 6.96. The highest BCUT2D eigenvalue weighted by atomic mass is 32.2. The molecule has 1 aliphatic heterocycles. The minimum absolute atomic E-state index is 0.112. The molecular weight excluding hydrogens is 400 g/mol. The SMILES string of the molecule is CC1(C)OCC(COC(=O)C(C)(C)S(=O)(=O)Cc2ccccc2/C=C/C(=O)O)O1. The van der Waals surface area contributed by atoms with Crippen molar-refractivity contribution in [2.45, 2.75) is 50.1 Å². The molecule has 2 rings (SSSR count). The van der Waals surface area contributed by atoms with E-state index < -0.39 is 44.2 Å². The Kier molecular flexibility index (Phi) is 6.87. The Labute approximate surface area is 170 Å². The fourth-order valence-corrected chi connectivity index (χ4v) is 4.04. The van der Waals surface area contributed by atoms with Crippen molar-refractivity contribution in [2.75, 3.05) is 13.2 Å². The summed E-state index contributed by atoms with van der Waals surface area (Å²) in [6, 6.07) is 6.50. The van der Waals surface area contributed by atoms with E-state index in [0.717, 1.165) is 6.08 Å². The second-order valence-corrected chi connectivity index (χ2v) is 10.2. The molecule has 160 valence electrons. The van der Waals surface area contributed by atoms with E-state index in [0.29, 0.717) is 11.1 Å². The summed E-state index contributed by atoms with van der Waals surface area (Å²) in [5.41, 5.74) is 0.835. The zero-order chi connectivity index (χ0) is 21.9. The number of carboxylic acid groups (broad SMARTS) is 1. The molecule has 0 saturated carbocycles. The maximum Gasteiger partial charge on any atom is 0.328 e. The molecule has 1 saturated heterocycles. The molecule has 0 spiro atoms. The van der Waals surface area contributed by atoms with Crippen LogP contribution in [-0.4, -0.2) is 55.3 Å². The molecule has 1 N–H and O–H groups in total. The van der Waals surface area contributed by atoms with Gasteiger partial charge in [0.25, 0.3) is 0 Å². The smallest absolute Gasteiger partial charge is 0.328 e. The van der Waals surface area contributed by atoms with Crippen LogP contribution in [0.25, 0.3) is 6.08 Å². The summed E-state index contributed by atoms with van der Waals surface area (Å²) >= 11 is 0. The van der Waals surface area contributed by atoms with E-state index >= 15 is 0 Å². The number of sulfone groups is 1. The zero-order valence-electron chi connectivity index (χ0n) is 16.9. The van der Waals surface area contributed by atoms with E-state index in [2.05, 4.69) is 0 Å². The summed E-state index contributed by atoms with van der Waals surface area (Å²) in [5.74, 6) is -3.24. The molecule has 1 fully saturated rings. The molecule has 0 amide bonds. The molecule has 29 heavy (non-hydrogen) atoms. The third-order valence-electron chi connectivity index (χ3n) is 4.54. The van der Waals surface area contributed by atoms with Crippen LogP contribution in [0.3, 0.4) is 0 Å². The average Bonchev–Trinajstić information content (AvgIpc) is 2.97. The van der Waals surface area contributed by atoms with Crippen LogP contribution in [0.4, 0.5) is 0 Å². The van der Waals surface area contributed by atoms with Gasteiger partial charge in [-0.1, -0.05) is 24.3 Å².